The average Bonchev–Trinajstić information content (AvgIpc) is 2.81. The van der Waals surface area contributed by atoms with Crippen molar-refractivity contribution in [2.24, 2.45) is 0 Å². The van der Waals surface area contributed by atoms with Gasteiger partial charge in [-0.15, -0.1) is 0 Å². The Morgan fingerprint density at radius 2 is 1.53 bits per heavy atom. The van der Waals surface area contributed by atoms with Crippen LogP contribution >= 0.6 is 0 Å². The van der Waals surface area contributed by atoms with Crippen molar-refractivity contribution in [1.82, 2.24) is 14.5 Å². The van der Waals surface area contributed by atoms with Gasteiger partial charge >= 0.3 is 0 Å². The summed E-state index contributed by atoms with van der Waals surface area (Å²) in [5.74, 6) is -0.339. The third-order valence-electron chi connectivity index (χ3n) is 5.88. The smallest absolute Gasteiger partial charge is 0.254 e. The summed E-state index contributed by atoms with van der Waals surface area (Å²) in [4.78, 5) is 27.3. The Morgan fingerprint density at radius 1 is 1.00 bits per heavy atom. The zero-order valence-electron chi connectivity index (χ0n) is 20.3. The van der Waals surface area contributed by atoms with E-state index in [1.807, 2.05) is 26.0 Å². The van der Waals surface area contributed by atoms with E-state index < -0.39 is 10.0 Å². The molecule has 34 heavy (non-hydrogen) atoms. The Labute approximate surface area is 201 Å². The lowest BCUT2D eigenvalue weighted by Crippen LogP contribution is -2.48. The average molecular weight is 488 g/mol. The minimum atomic E-state index is -3.60. The Hall–Kier alpha value is -2.75. The van der Waals surface area contributed by atoms with Crippen LogP contribution in [0, 0.1) is 0 Å². The van der Waals surface area contributed by atoms with Gasteiger partial charge in [0.25, 0.3) is 11.8 Å². The normalized spacial score (nSPS) is 18.9. The molecule has 0 aliphatic carbocycles. The van der Waals surface area contributed by atoms with Crippen LogP contribution in [0.25, 0.3) is 0 Å². The van der Waals surface area contributed by atoms with Crippen molar-refractivity contribution < 1.29 is 22.7 Å². The molecule has 2 atom stereocenters. The zero-order chi connectivity index (χ0) is 25.0. The summed E-state index contributed by atoms with van der Waals surface area (Å²) in [6, 6.07) is 12.9. The van der Waals surface area contributed by atoms with Crippen LogP contribution in [-0.2, 0) is 21.3 Å². The summed E-state index contributed by atoms with van der Waals surface area (Å²) in [6.07, 6.45) is 0.0138. The van der Waals surface area contributed by atoms with Crippen molar-refractivity contribution in [2.45, 2.75) is 57.4 Å². The van der Waals surface area contributed by atoms with E-state index in [0.29, 0.717) is 24.2 Å². The van der Waals surface area contributed by atoms with Gasteiger partial charge in [-0.2, -0.15) is 4.31 Å². The molecule has 0 bridgehead atoms. The molecule has 1 aliphatic heterocycles. The number of morpholine rings is 1. The van der Waals surface area contributed by atoms with Gasteiger partial charge in [0.15, 0.2) is 0 Å². The van der Waals surface area contributed by atoms with E-state index in [-0.39, 0.29) is 41.5 Å². The summed E-state index contributed by atoms with van der Waals surface area (Å²) in [7, 11) is -2.07. The van der Waals surface area contributed by atoms with E-state index in [4.69, 9.17) is 4.74 Å². The van der Waals surface area contributed by atoms with E-state index in [1.54, 1.807) is 30.9 Å². The molecule has 2 aromatic carbocycles. The Bertz CT molecular complexity index is 1100. The second-order valence-corrected chi connectivity index (χ2v) is 11.0. The van der Waals surface area contributed by atoms with E-state index >= 15 is 0 Å². The number of rotatable bonds is 7. The minimum Gasteiger partial charge on any atom is -0.372 e. The van der Waals surface area contributed by atoms with Crippen molar-refractivity contribution in [3.63, 3.8) is 0 Å². The van der Waals surface area contributed by atoms with Gasteiger partial charge in [0, 0.05) is 43.9 Å². The number of ether oxygens (including phenoxy) is 1. The largest absolute Gasteiger partial charge is 0.372 e. The van der Waals surface area contributed by atoms with Crippen LogP contribution in [0.1, 0.15) is 54.0 Å². The van der Waals surface area contributed by atoms with Crippen molar-refractivity contribution in [3.05, 3.63) is 65.2 Å². The third kappa shape index (κ3) is 6.02. The number of carbonyl (C=O) groups is 2. The van der Waals surface area contributed by atoms with Crippen LogP contribution in [0.5, 0.6) is 0 Å². The fourth-order valence-corrected chi connectivity index (χ4v) is 5.17. The van der Waals surface area contributed by atoms with E-state index in [0.717, 1.165) is 5.56 Å². The van der Waals surface area contributed by atoms with E-state index in [1.165, 1.54) is 35.6 Å². The SMILES string of the molecule is CC1CN(C(=O)c2ccc(CNC(=O)c3ccc(S(=O)(=O)N(C)C(C)C)cc3)cc2)CC(C)O1. The van der Waals surface area contributed by atoms with Crippen molar-refractivity contribution in [2.75, 3.05) is 20.1 Å². The Morgan fingerprint density at radius 3 is 2.06 bits per heavy atom. The summed E-state index contributed by atoms with van der Waals surface area (Å²) in [5, 5.41) is 2.83. The molecule has 9 heteroatoms. The highest BCUT2D eigenvalue weighted by Crippen LogP contribution is 2.18. The standard InChI is InChI=1S/C25H33N3O5S/c1-17(2)27(5)34(31,32)23-12-10-21(11-13-23)24(29)26-14-20-6-8-22(9-7-20)25(30)28-15-18(3)33-19(4)16-28/h6-13,17-19H,14-16H2,1-5H3,(H,26,29). The summed E-state index contributed by atoms with van der Waals surface area (Å²) < 4.78 is 32.1. The molecule has 0 radical (unpaired) electrons. The first kappa shape index (κ1) is 25.9. The molecule has 1 fully saturated rings. The predicted molar refractivity (Wildman–Crippen MR) is 130 cm³/mol. The van der Waals surface area contributed by atoms with Gasteiger partial charge in [0.2, 0.25) is 10.0 Å². The molecule has 1 saturated heterocycles. The lowest BCUT2D eigenvalue weighted by Gasteiger charge is -2.35. The van der Waals surface area contributed by atoms with Crippen LogP contribution in [0.3, 0.4) is 0 Å². The van der Waals surface area contributed by atoms with Crippen molar-refractivity contribution in [3.8, 4) is 0 Å². The molecule has 2 amide bonds. The van der Waals surface area contributed by atoms with Crippen LogP contribution in [0.15, 0.2) is 53.4 Å². The first-order valence-corrected chi connectivity index (χ1v) is 12.8. The Balaban J connectivity index is 1.58. The van der Waals surface area contributed by atoms with Crippen LogP contribution in [0.2, 0.25) is 0 Å². The first-order chi connectivity index (χ1) is 16.0. The number of hydrogen-bond donors (Lipinski definition) is 1. The van der Waals surface area contributed by atoms with E-state index in [9.17, 15) is 18.0 Å². The van der Waals surface area contributed by atoms with Gasteiger partial charge in [-0.1, -0.05) is 12.1 Å². The maximum absolute atomic E-state index is 12.8. The first-order valence-electron chi connectivity index (χ1n) is 11.4. The predicted octanol–water partition coefficient (Wildman–Crippen LogP) is 2.89. The molecule has 2 aromatic rings. The second kappa shape index (κ2) is 10.7. The van der Waals surface area contributed by atoms with E-state index in [2.05, 4.69) is 5.32 Å². The molecule has 0 spiro atoms. The fraction of sp³-hybridized carbons (Fsp3) is 0.440. The van der Waals surface area contributed by atoms with Gasteiger partial charge in [0.1, 0.15) is 0 Å². The lowest BCUT2D eigenvalue weighted by molar-refractivity contribution is -0.0586. The molecule has 2 unspecified atom stereocenters. The number of nitrogens with one attached hydrogen (secondary N) is 1. The summed E-state index contributed by atoms with van der Waals surface area (Å²) in [5.41, 5.74) is 1.82. The minimum absolute atomic E-state index is 0.00692. The van der Waals surface area contributed by atoms with Crippen molar-refractivity contribution >= 4 is 21.8 Å². The molecular formula is C25H33N3O5S. The Kier molecular flexibility index (Phi) is 8.12. The molecule has 0 aromatic heterocycles. The van der Waals surface area contributed by atoms with Crippen LogP contribution in [-0.4, -0.2) is 67.8 Å². The zero-order valence-corrected chi connectivity index (χ0v) is 21.1. The van der Waals surface area contributed by atoms with Gasteiger partial charge in [0.05, 0.1) is 17.1 Å². The molecular weight excluding hydrogens is 454 g/mol. The van der Waals surface area contributed by atoms with Gasteiger partial charge in [-0.05, 0) is 69.7 Å². The van der Waals surface area contributed by atoms with Crippen LogP contribution in [0.4, 0.5) is 0 Å². The fourth-order valence-electron chi connectivity index (χ4n) is 3.80. The van der Waals surface area contributed by atoms with Gasteiger partial charge in [-0.25, -0.2) is 8.42 Å². The molecule has 3 rings (SSSR count). The monoisotopic (exact) mass is 487 g/mol. The number of amides is 2. The summed E-state index contributed by atoms with van der Waals surface area (Å²) in [6.45, 7) is 8.92. The van der Waals surface area contributed by atoms with Crippen molar-refractivity contribution in [1.29, 1.82) is 0 Å². The highest BCUT2D eigenvalue weighted by atomic mass is 32.2. The number of benzene rings is 2. The van der Waals surface area contributed by atoms with Crippen LogP contribution < -0.4 is 5.32 Å². The highest BCUT2D eigenvalue weighted by molar-refractivity contribution is 7.89. The number of sulfonamides is 1. The number of hydrogen-bond acceptors (Lipinski definition) is 5. The highest BCUT2D eigenvalue weighted by Gasteiger charge is 2.26. The van der Waals surface area contributed by atoms with Gasteiger partial charge < -0.3 is 15.0 Å². The molecule has 8 nitrogen and oxygen atoms in total. The maximum atomic E-state index is 12.8. The molecule has 1 aliphatic rings. The quantitative estimate of drug-likeness (QED) is 0.648. The van der Waals surface area contributed by atoms with Gasteiger partial charge in [-0.3, -0.25) is 9.59 Å². The lowest BCUT2D eigenvalue weighted by atomic mass is 10.1. The third-order valence-corrected chi connectivity index (χ3v) is 7.93. The number of carbonyl (C=O) groups excluding carboxylic acids is 2. The topological polar surface area (TPSA) is 96.0 Å². The summed E-state index contributed by atoms with van der Waals surface area (Å²) >= 11 is 0. The number of nitrogens with zero attached hydrogens (tertiary/aromatic N) is 2. The molecule has 0 saturated carbocycles. The molecule has 184 valence electrons. The molecule has 1 N–H and O–H groups in total. The maximum Gasteiger partial charge on any atom is 0.254 e. The second-order valence-electron chi connectivity index (χ2n) is 8.99. The molecule has 1 heterocycles.